The van der Waals surface area contributed by atoms with Crippen LogP contribution in [0.3, 0.4) is 0 Å². The van der Waals surface area contributed by atoms with Crippen molar-refractivity contribution in [1.82, 2.24) is 0 Å². The van der Waals surface area contributed by atoms with E-state index < -0.39 is 11.9 Å². The molecule has 0 amide bonds. The lowest BCUT2D eigenvalue weighted by molar-refractivity contribution is -0.130. The minimum absolute atomic E-state index is 0.0354. The fraction of sp³-hybridized carbons (Fsp3) is 0.533. The van der Waals surface area contributed by atoms with E-state index in [1.54, 1.807) is 12.1 Å². The number of methoxy groups -OCH3 is 1. The molecule has 0 bridgehead atoms. The van der Waals surface area contributed by atoms with E-state index in [0.717, 1.165) is 6.42 Å². The molecule has 19 heavy (non-hydrogen) atoms. The van der Waals surface area contributed by atoms with Crippen molar-refractivity contribution in [2.75, 3.05) is 13.7 Å². The molecule has 0 heterocycles. The number of carbonyl (C=O) groups excluding carboxylic acids is 1. The van der Waals surface area contributed by atoms with Crippen molar-refractivity contribution >= 4 is 5.78 Å². The van der Waals surface area contributed by atoms with Crippen molar-refractivity contribution in [3.63, 3.8) is 0 Å². The van der Waals surface area contributed by atoms with E-state index in [-0.39, 0.29) is 18.0 Å². The standard InChI is InChI=1S/C15H21FO3/c1-4-7-13(19-5-2)12(17)10-11-8-6-9-14(18-3)15(11)16/h6,8-9,13H,4-5,7,10H2,1-3H3. The van der Waals surface area contributed by atoms with E-state index in [1.807, 2.05) is 13.8 Å². The molecule has 0 spiro atoms. The van der Waals surface area contributed by atoms with Gasteiger partial charge in [0.1, 0.15) is 6.10 Å². The summed E-state index contributed by atoms with van der Waals surface area (Å²) in [7, 11) is 1.41. The SMILES string of the molecule is CCCC(OCC)C(=O)Cc1cccc(OC)c1F. The summed E-state index contributed by atoms with van der Waals surface area (Å²) in [6.07, 6.45) is 1.11. The van der Waals surface area contributed by atoms with Crippen molar-refractivity contribution in [3.05, 3.63) is 29.6 Å². The van der Waals surface area contributed by atoms with Gasteiger partial charge < -0.3 is 9.47 Å². The van der Waals surface area contributed by atoms with Crippen molar-refractivity contribution < 1.29 is 18.7 Å². The molecule has 0 saturated carbocycles. The molecule has 0 fully saturated rings. The van der Waals surface area contributed by atoms with Crippen molar-refractivity contribution in [3.8, 4) is 5.75 Å². The van der Waals surface area contributed by atoms with Crippen LogP contribution in [0.15, 0.2) is 18.2 Å². The van der Waals surface area contributed by atoms with Crippen LogP contribution in [0, 0.1) is 5.82 Å². The number of halogens is 1. The molecule has 1 aromatic carbocycles. The van der Waals surface area contributed by atoms with Gasteiger partial charge >= 0.3 is 0 Å². The predicted molar refractivity (Wildman–Crippen MR) is 72.0 cm³/mol. The number of ketones is 1. The maximum atomic E-state index is 14.0. The highest BCUT2D eigenvalue weighted by Gasteiger charge is 2.20. The molecule has 0 radical (unpaired) electrons. The third kappa shape index (κ3) is 4.31. The van der Waals surface area contributed by atoms with Crippen LogP contribution >= 0.6 is 0 Å². The van der Waals surface area contributed by atoms with E-state index in [2.05, 4.69) is 0 Å². The summed E-state index contributed by atoms with van der Waals surface area (Å²) in [5.41, 5.74) is 0.352. The quantitative estimate of drug-likeness (QED) is 0.726. The van der Waals surface area contributed by atoms with E-state index in [0.29, 0.717) is 18.6 Å². The van der Waals surface area contributed by atoms with Gasteiger partial charge in [-0.1, -0.05) is 25.5 Å². The summed E-state index contributed by atoms with van der Waals surface area (Å²) in [5, 5.41) is 0. The normalized spacial score (nSPS) is 12.2. The lowest BCUT2D eigenvalue weighted by Gasteiger charge is -2.15. The van der Waals surface area contributed by atoms with Gasteiger partial charge in [-0.25, -0.2) is 4.39 Å². The Morgan fingerprint density at radius 1 is 1.37 bits per heavy atom. The number of hydrogen-bond acceptors (Lipinski definition) is 3. The van der Waals surface area contributed by atoms with E-state index >= 15 is 0 Å². The topological polar surface area (TPSA) is 35.5 Å². The molecule has 0 aromatic heterocycles. The average molecular weight is 268 g/mol. The average Bonchev–Trinajstić information content (AvgIpc) is 2.41. The second-order valence-corrected chi connectivity index (χ2v) is 4.31. The van der Waals surface area contributed by atoms with Crippen molar-refractivity contribution in [1.29, 1.82) is 0 Å². The number of Topliss-reactive ketones (excluding diaryl/α,β-unsaturated/α-hetero) is 1. The van der Waals surface area contributed by atoms with Crippen LogP contribution in [0.1, 0.15) is 32.3 Å². The molecule has 0 aliphatic heterocycles. The third-order valence-corrected chi connectivity index (χ3v) is 2.91. The van der Waals surface area contributed by atoms with E-state index in [9.17, 15) is 9.18 Å². The number of rotatable bonds is 8. The Morgan fingerprint density at radius 3 is 2.68 bits per heavy atom. The molecular weight excluding hydrogens is 247 g/mol. The van der Waals surface area contributed by atoms with Crippen LogP contribution in [0.25, 0.3) is 0 Å². The summed E-state index contributed by atoms with van der Waals surface area (Å²) in [5.74, 6) is -0.394. The van der Waals surface area contributed by atoms with Gasteiger partial charge in [0.05, 0.1) is 7.11 Å². The minimum Gasteiger partial charge on any atom is -0.494 e. The van der Waals surface area contributed by atoms with Crippen LogP contribution in [0.4, 0.5) is 4.39 Å². The van der Waals surface area contributed by atoms with E-state index in [4.69, 9.17) is 9.47 Å². The van der Waals surface area contributed by atoms with Crippen LogP contribution in [-0.2, 0) is 16.0 Å². The van der Waals surface area contributed by atoms with Gasteiger partial charge in [0, 0.05) is 13.0 Å². The zero-order valence-electron chi connectivity index (χ0n) is 11.7. The molecule has 1 unspecified atom stereocenters. The molecular formula is C15H21FO3. The first-order valence-electron chi connectivity index (χ1n) is 6.59. The monoisotopic (exact) mass is 268 g/mol. The van der Waals surface area contributed by atoms with Gasteiger partial charge in [0.25, 0.3) is 0 Å². The van der Waals surface area contributed by atoms with Crippen LogP contribution in [0.5, 0.6) is 5.75 Å². The highest BCUT2D eigenvalue weighted by Crippen LogP contribution is 2.21. The lowest BCUT2D eigenvalue weighted by atomic mass is 10.0. The smallest absolute Gasteiger partial charge is 0.168 e. The summed E-state index contributed by atoms with van der Waals surface area (Å²) < 4.78 is 24.3. The van der Waals surface area contributed by atoms with Gasteiger partial charge in [0.2, 0.25) is 0 Å². The highest BCUT2D eigenvalue weighted by atomic mass is 19.1. The lowest BCUT2D eigenvalue weighted by Crippen LogP contribution is -2.26. The van der Waals surface area contributed by atoms with Crippen LogP contribution in [-0.4, -0.2) is 25.6 Å². The zero-order valence-corrected chi connectivity index (χ0v) is 11.7. The Balaban J connectivity index is 2.80. The number of hydrogen-bond donors (Lipinski definition) is 0. The Hall–Kier alpha value is -1.42. The maximum Gasteiger partial charge on any atom is 0.168 e. The van der Waals surface area contributed by atoms with Crippen molar-refractivity contribution in [2.24, 2.45) is 0 Å². The molecule has 1 aromatic rings. The molecule has 0 saturated heterocycles. The van der Waals surface area contributed by atoms with Crippen LogP contribution in [0.2, 0.25) is 0 Å². The molecule has 1 rings (SSSR count). The Morgan fingerprint density at radius 2 is 2.11 bits per heavy atom. The molecule has 4 heteroatoms. The van der Waals surface area contributed by atoms with Crippen LogP contribution < -0.4 is 4.74 Å². The molecule has 3 nitrogen and oxygen atoms in total. The second kappa shape index (κ2) is 7.89. The second-order valence-electron chi connectivity index (χ2n) is 4.31. The summed E-state index contributed by atoms with van der Waals surface area (Å²) >= 11 is 0. The first-order valence-corrected chi connectivity index (χ1v) is 6.59. The number of benzene rings is 1. The molecule has 0 aliphatic carbocycles. The minimum atomic E-state index is -0.468. The van der Waals surface area contributed by atoms with Gasteiger partial charge in [0.15, 0.2) is 17.3 Å². The Bertz CT molecular complexity index is 412. The Labute approximate surface area is 113 Å². The maximum absolute atomic E-state index is 14.0. The van der Waals surface area contributed by atoms with Gasteiger partial charge in [-0.15, -0.1) is 0 Å². The fourth-order valence-electron chi connectivity index (χ4n) is 1.95. The highest BCUT2D eigenvalue weighted by molar-refractivity contribution is 5.85. The van der Waals surface area contributed by atoms with Gasteiger partial charge in [-0.05, 0) is 25.0 Å². The molecule has 0 aliphatic rings. The van der Waals surface area contributed by atoms with E-state index in [1.165, 1.54) is 13.2 Å². The summed E-state index contributed by atoms with van der Waals surface area (Å²) in [4.78, 5) is 12.1. The predicted octanol–water partition coefficient (Wildman–Crippen LogP) is 3.15. The first-order chi connectivity index (χ1) is 9.13. The number of carbonyl (C=O) groups is 1. The Kier molecular flexibility index (Phi) is 6.50. The van der Waals surface area contributed by atoms with Gasteiger partial charge in [-0.3, -0.25) is 4.79 Å². The summed E-state index contributed by atoms with van der Waals surface area (Å²) in [6.45, 7) is 4.32. The van der Waals surface area contributed by atoms with Gasteiger partial charge in [-0.2, -0.15) is 0 Å². The molecule has 0 N–H and O–H groups in total. The third-order valence-electron chi connectivity index (χ3n) is 2.91. The first kappa shape index (κ1) is 15.6. The fourth-order valence-corrected chi connectivity index (χ4v) is 1.95. The van der Waals surface area contributed by atoms with Crippen molar-refractivity contribution in [2.45, 2.75) is 39.2 Å². The molecule has 106 valence electrons. The summed E-state index contributed by atoms with van der Waals surface area (Å²) in [6, 6.07) is 4.82. The largest absolute Gasteiger partial charge is 0.494 e. The zero-order chi connectivity index (χ0) is 14.3. The molecule has 1 atom stereocenters. The number of ether oxygens (including phenoxy) is 2.